The van der Waals surface area contributed by atoms with E-state index in [-0.39, 0.29) is 0 Å². The van der Waals surface area contributed by atoms with Gasteiger partial charge in [-0.3, -0.25) is 4.98 Å². The molecule has 5 nitrogen and oxygen atoms in total. The Balaban J connectivity index is 0.000000361. The Labute approximate surface area is 120 Å². The fraction of sp³-hybridized carbons (Fsp3) is 0.583. The van der Waals surface area contributed by atoms with Crippen molar-refractivity contribution in [3.8, 4) is 0 Å². The van der Waals surface area contributed by atoms with E-state index in [4.69, 9.17) is 12.6 Å². The van der Waals surface area contributed by atoms with E-state index in [9.17, 15) is 13.2 Å². The van der Waals surface area contributed by atoms with Crippen molar-refractivity contribution in [2.75, 3.05) is 0 Å². The molecule has 0 unspecified atom stereocenters. The van der Waals surface area contributed by atoms with Gasteiger partial charge in [0.1, 0.15) is 5.69 Å². The highest BCUT2D eigenvalue weighted by Gasteiger charge is 2.40. The summed E-state index contributed by atoms with van der Waals surface area (Å²) in [5.74, 6) is 0.337. The molecule has 3 atom stereocenters. The standard InChI is InChI=1S/C12H13F3N2.O3S/c13-12(14,15)11-4-1-7(6-16-11)9-5-8-2-3-10(9)17-8;1-4(2)3/h1,4,6,8-10,17H,2-3,5H2;/t8-,9-,10-;/m1./s1. The van der Waals surface area contributed by atoms with Gasteiger partial charge < -0.3 is 5.32 Å². The smallest absolute Gasteiger partial charge is 0.311 e. The molecule has 1 aromatic heterocycles. The Morgan fingerprint density at radius 2 is 1.86 bits per heavy atom. The number of alkyl halides is 3. The summed E-state index contributed by atoms with van der Waals surface area (Å²) in [7, 11) is -3.11. The lowest BCUT2D eigenvalue weighted by Crippen LogP contribution is -2.21. The molecule has 1 N–H and O–H groups in total. The molecule has 0 saturated carbocycles. The highest BCUT2D eigenvalue weighted by atomic mass is 32.2. The summed E-state index contributed by atoms with van der Waals surface area (Å²) in [5.41, 5.74) is 0.120. The van der Waals surface area contributed by atoms with Crippen LogP contribution in [0.25, 0.3) is 0 Å². The molecular formula is C12H13F3N2O3S. The van der Waals surface area contributed by atoms with Crippen molar-refractivity contribution in [3.05, 3.63) is 29.6 Å². The molecule has 2 aliphatic heterocycles. The maximum atomic E-state index is 12.4. The number of aromatic nitrogens is 1. The molecule has 116 valence electrons. The summed E-state index contributed by atoms with van der Waals surface area (Å²) in [6, 6.07) is 3.63. The number of nitrogens with zero attached hydrogens (tertiary/aromatic N) is 1. The van der Waals surface area contributed by atoms with E-state index < -0.39 is 22.5 Å². The van der Waals surface area contributed by atoms with Crippen molar-refractivity contribution < 1.29 is 25.8 Å². The summed E-state index contributed by atoms with van der Waals surface area (Å²) in [4.78, 5) is 3.53. The molecule has 3 heterocycles. The van der Waals surface area contributed by atoms with Gasteiger partial charge in [0.25, 0.3) is 0 Å². The number of hydrogen-bond acceptors (Lipinski definition) is 5. The first-order valence-corrected chi connectivity index (χ1v) is 7.33. The van der Waals surface area contributed by atoms with Crippen LogP contribution in [-0.4, -0.2) is 29.7 Å². The molecule has 3 rings (SSSR count). The first kappa shape index (κ1) is 15.9. The molecule has 2 bridgehead atoms. The van der Waals surface area contributed by atoms with Crippen molar-refractivity contribution >= 4 is 10.6 Å². The van der Waals surface area contributed by atoms with Crippen molar-refractivity contribution in [1.29, 1.82) is 0 Å². The number of rotatable bonds is 1. The summed E-state index contributed by atoms with van der Waals surface area (Å²) in [6.45, 7) is 0. The molecule has 0 aliphatic carbocycles. The van der Waals surface area contributed by atoms with Crippen molar-refractivity contribution in [1.82, 2.24) is 10.3 Å². The van der Waals surface area contributed by atoms with Crippen LogP contribution in [0.3, 0.4) is 0 Å². The zero-order chi connectivity index (χ0) is 15.6. The highest BCUT2D eigenvalue weighted by Crippen LogP contribution is 2.40. The predicted molar refractivity (Wildman–Crippen MR) is 66.2 cm³/mol. The van der Waals surface area contributed by atoms with Crippen LogP contribution in [0, 0.1) is 0 Å². The fourth-order valence-corrected chi connectivity index (χ4v) is 2.98. The van der Waals surface area contributed by atoms with E-state index in [0.29, 0.717) is 18.0 Å². The predicted octanol–water partition coefficient (Wildman–Crippen LogP) is 1.70. The topological polar surface area (TPSA) is 76.1 Å². The van der Waals surface area contributed by atoms with E-state index in [1.165, 1.54) is 12.6 Å². The van der Waals surface area contributed by atoms with Gasteiger partial charge in [0.2, 0.25) is 0 Å². The minimum atomic E-state index is -4.34. The second kappa shape index (κ2) is 6.10. The van der Waals surface area contributed by atoms with Crippen LogP contribution in [-0.2, 0) is 16.8 Å². The Hall–Kier alpha value is -1.48. The minimum absolute atomic E-state index is 0.337. The van der Waals surface area contributed by atoms with E-state index in [0.717, 1.165) is 24.5 Å². The molecule has 21 heavy (non-hydrogen) atoms. The van der Waals surface area contributed by atoms with Gasteiger partial charge in [-0.2, -0.15) is 13.2 Å². The first-order valence-electron chi connectivity index (χ1n) is 6.33. The Bertz CT molecular complexity index is 594. The van der Waals surface area contributed by atoms with Gasteiger partial charge in [0.05, 0.1) is 0 Å². The third-order valence-electron chi connectivity index (χ3n) is 3.81. The van der Waals surface area contributed by atoms with Crippen LogP contribution in [0.4, 0.5) is 13.2 Å². The Morgan fingerprint density at radius 3 is 2.24 bits per heavy atom. The summed E-state index contributed by atoms with van der Waals surface area (Å²) in [6.07, 6.45) is 0.380. The van der Waals surface area contributed by atoms with Crippen molar-refractivity contribution in [2.45, 2.75) is 43.4 Å². The summed E-state index contributed by atoms with van der Waals surface area (Å²) < 4.78 is 62.4. The van der Waals surface area contributed by atoms with Crippen LogP contribution >= 0.6 is 0 Å². The SMILES string of the molecule is FC(F)(F)c1ccc([C@H]2C[C@H]3CC[C@H]2N3)cn1.O=S(=O)=O. The number of nitrogens with one attached hydrogen (secondary N) is 1. The van der Waals surface area contributed by atoms with Crippen LogP contribution in [0.1, 0.15) is 36.4 Å². The monoisotopic (exact) mass is 322 g/mol. The second-order valence-electron chi connectivity index (χ2n) is 5.07. The maximum absolute atomic E-state index is 12.4. The largest absolute Gasteiger partial charge is 0.433 e. The zero-order valence-corrected chi connectivity index (χ0v) is 11.6. The third kappa shape index (κ3) is 4.01. The third-order valence-corrected chi connectivity index (χ3v) is 3.81. The van der Waals surface area contributed by atoms with E-state index in [1.54, 1.807) is 6.07 Å². The van der Waals surface area contributed by atoms with Crippen LogP contribution in [0.15, 0.2) is 18.3 Å². The quantitative estimate of drug-likeness (QED) is 0.852. The second-order valence-corrected chi connectivity index (χ2v) is 5.48. The van der Waals surface area contributed by atoms with Crippen molar-refractivity contribution in [3.63, 3.8) is 0 Å². The van der Waals surface area contributed by atoms with E-state index >= 15 is 0 Å². The van der Waals surface area contributed by atoms with Gasteiger partial charge in [-0.1, -0.05) is 6.07 Å². The average Bonchev–Trinajstić information content (AvgIpc) is 2.99. The lowest BCUT2D eigenvalue weighted by Gasteiger charge is -2.20. The van der Waals surface area contributed by atoms with Crippen molar-refractivity contribution in [2.24, 2.45) is 0 Å². The molecule has 0 aromatic carbocycles. The molecule has 0 spiro atoms. The molecule has 2 aliphatic rings. The lowest BCUT2D eigenvalue weighted by atomic mass is 9.84. The molecular weight excluding hydrogens is 309 g/mol. The summed E-state index contributed by atoms with van der Waals surface area (Å²) >= 11 is 0. The Kier molecular flexibility index (Phi) is 4.62. The normalized spacial score (nSPS) is 27.1. The number of fused-ring (bicyclic) bond motifs is 2. The van der Waals surface area contributed by atoms with Crippen LogP contribution in [0.5, 0.6) is 0 Å². The Morgan fingerprint density at radius 1 is 1.19 bits per heavy atom. The molecule has 2 saturated heterocycles. The molecule has 2 fully saturated rings. The molecule has 1 aromatic rings. The number of hydrogen-bond donors (Lipinski definition) is 1. The molecule has 0 amide bonds. The molecule has 9 heteroatoms. The number of halogens is 3. The maximum Gasteiger partial charge on any atom is 0.433 e. The van der Waals surface area contributed by atoms with Gasteiger partial charge in [-0.15, -0.1) is 12.6 Å². The van der Waals surface area contributed by atoms with Gasteiger partial charge in [-0.05, 0) is 30.9 Å². The minimum Gasteiger partial charge on any atom is -0.311 e. The highest BCUT2D eigenvalue weighted by molar-refractivity contribution is 7.59. The summed E-state index contributed by atoms with van der Waals surface area (Å²) in [5, 5.41) is 3.47. The average molecular weight is 322 g/mol. The van der Waals surface area contributed by atoms with Crippen LogP contribution < -0.4 is 5.32 Å². The zero-order valence-electron chi connectivity index (χ0n) is 10.8. The van der Waals surface area contributed by atoms with Gasteiger partial charge >= 0.3 is 16.8 Å². The fourth-order valence-electron chi connectivity index (χ4n) is 2.98. The molecule has 0 radical (unpaired) electrons. The number of pyridine rings is 1. The van der Waals surface area contributed by atoms with E-state index in [1.807, 2.05) is 0 Å². The van der Waals surface area contributed by atoms with E-state index in [2.05, 4.69) is 10.3 Å². The van der Waals surface area contributed by atoms with Gasteiger partial charge in [-0.25, -0.2) is 0 Å². The van der Waals surface area contributed by atoms with Gasteiger partial charge in [0.15, 0.2) is 0 Å². The van der Waals surface area contributed by atoms with Gasteiger partial charge in [0, 0.05) is 24.2 Å². The lowest BCUT2D eigenvalue weighted by molar-refractivity contribution is -0.141. The first-order chi connectivity index (χ1) is 9.77. The van der Waals surface area contributed by atoms with Crippen LogP contribution in [0.2, 0.25) is 0 Å².